The number of nitrogens with two attached hydrogens (primary N) is 2. The van der Waals surface area contributed by atoms with Crippen LogP contribution in [0.3, 0.4) is 0 Å². The Kier molecular flexibility index (Phi) is 4.88. The molecule has 2 amide bonds. The molecule has 6 N–H and O–H groups in total. The van der Waals surface area contributed by atoms with E-state index in [9.17, 15) is 19.5 Å². The van der Waals surface area contributed by atoms with Gasteiger partial charge in [0.1, 0.15) is 5.54 Å². The van der Waals surface area contributed by atoms with Crippen LogP contribution in [0.2, 0.25) is 0 Å². The van der Waals surface area contributed by atoms with Crippen molar-refractivity contribution in [2.45, 2.75) is 50.6 Å². The summed E-state index contributed by atoms with van der Waals surface area (Å²) in [5.74, 6) is -2.17. The number of rotatable bonds is 5. The molecule has 0 heterocycles. The molecule has 0 aromatic heterocycles. The van der Waals surface area contributed by atoms with E-state index in [1.807, 2.05) is 6.92 Å². The third-order valence-corrected chi connectivity index (χ3v) is 3.53. The van der Waals surface area contributed by atoms with E-state index in [1.54, 1.807) is 0 Å². The van der Waals surface area contributed by atoms with Gasteiger partial charge in [-0.1, -0.05) is 19.8 Å². The lowest BCUT2D eigenvalue weighted by Crippen LogP contribution is -2.60. The summed E-state index contributed by atoms with van der Waals surface area (Å²) in [6.07, 6.45) is 2.13. The van der Waals surface area contributed by atoms with Crippen LogP contribution in [0.5, 0.6) is 0 Å². The van der Waals surface area contributed by atoms with Crippen LogP contribution in [0.4, 0.5) is 0 Å². The SMILES string of the molecule is CC1CCCC(NC(=O)C(N)CC(N)=O)(C(=O)O)C1. The van der Waals surface area contributed by atoms with Crippen LogP contribution >= 0.6 is 0 Å². The van der Waals surface area contributed by atoms with E-state index in [0.717, 1.165) is 12.8 Å². The molecule has 7 nitrogen and oxygen atoms in total. The lowest BCUT2D eigenvalue weighted by molar-refractivity contribution is -0.150. The standard InChI is InChI=1S/C12H21N3O4/c1-7-3-2-4-12(6-7,11(18)19)15-10(17)8(13)5-9(14)16/h7-8H,2-6,13H2,1H3,(H2,14,16)(H,15,17)(H,18,19). The van der Waals surface area contributed by atoms with Crippen LogP contribution in [0.1, 0.15) is 39.0 Å². The number of amides is 2. The fraction of sp³-hybridized carbons (Fsp3) is 0.750. The van der Waals surface area contributed by atoms with Gasteiger partial charge in [0, 0.05) is 0 Å². The minimum atomic E-state index is -1.27. The molecule has 3 atom stereocenters. The molecule has 0 saturated heterocycles. The Morgan fingerprint density at radius 2 is 2.11 bits per heavy atom. The summed E-state index contributed by atoms with van der Waals surface area (Å²) in [6.45, 7) is 1.95. The molecular weight excluding hydrogens is 250 g/mol. The number of carboxylic acids is 1. The molecule has 1 rings (SSSR count). The summed E-state index contributed by atoms with van der Waals surface area (Å²) in [7, 11) is 0. The minimum absolute atomic E-state index is 0.220. The normalized spacial score (nSPS) is 28.4. The molecule has 0 aromatic carbocycles. The minimum Gasteiger partial charge on any atom is -0.480 e. The second-order valence-electron chi connectivity index (χ2n) is 5.35. The smallest absolute Gasteiger partial charge is 0.329 e. The summed E-state index contributed by atoms with van der Waals surface area (Å²) in [5.41, 5.74) is 9.21. The largest absolute Gasteiger partial charge is 0.480 e. The van der Waals surface area contributed by atoms with Gasteiger partial charge in [-0.25, -0.2) is 4.79 Å². The van der Waals surface area contributed by atoms with Crippen LogP contribution in [-0.2, 0) is 14.4 Å². The van der Waals surface area contributed by atoms with Crippen molar-refractivity contribution in [2.24, 2.45) is 17.4 Å². The summed E-state index contributed by atoms with van der Waals surface area (Å²) < 4.78 is 0. The predicted molar refractivity (Wildman–Crippen MR) is 67.9 cm³/mol. The first-order valence-electron chi connectivity index (χ1n) is 6.36. The molecule has 1 fully saturated rings. The Labute approximate surface area is 111 Å². The molecule has 1 aliphatic carbocycles. The Bertz CT molecular complexity index is 385. The number of hydrogen-bond donors (Lipinski definition) is 4. The molecular formula is C12H21N3O4. The summed E-state index contributed by atoms with van der Waals surface area (Å²) in [4.78, 5) is 34.0. The number of primary amides is 1. The van der Waals surface area contributed by atoms with Gasteiger partial charge in [0.2, 0.25) is 11.8 Å². The second kappa shape index (κ2) is 6.01. The first kappa shape index (κ1) is 15.4. The average Bonchev–Trinajstić information content (AvgIpc) is 2.27. The van der Waals surface area contributed by atoms with E-state index in [-0.39, 0.29) is 12.3 Å². The van der Waals surface area contributed by atoms with Crippen molar-refractivity contribution in [1.82, 2.24) is 5.32 Å². The number of aliphatic carboxylic acids is 1. The molecule has 3 unspecified atom stereocenters. The summed E-state index contributed by atoms with van der Waals surface area (Å²) in [5, 5.41) is 11.9. The van der Waals surface area contributed by atoms with E-state index in [2.05, 4.69) is 5.32 Å². The van der Waals surface area contributed by atoms with Gasteiger partial charge in [0.05, 0.1) is 12.5 Å². The van der Waals surface area contributed by atoms with Crippen molar-refractivity contribution < 1.29 is 19.5 Å². The van der Waals surface area contributed by atoms with E-state index >= 15 is 0 Å². The van der Waals surface area contributed by atoms with Crippen molar-refractivity contribution in [1.29, 1.82) is 0 Å². The molecule has 108 valence electrons. The van der Waals surface area contributed by atoms with E-state index in [4.69, 9.17) is 11.5 Å². The number of carboxylic acid groups (broad SMARTS) is 1. The van der Waals surface area contributed by atoms with Gasteiger partial charge < -0.3 is 21.9 Å². The van der Waals surface area contributed by atoms with Crippen molar-refractivity contribution in [3.63, 3.8) is 0 Å². The zero-order valence-corrected chi connectivity index (χ0v) is 11.0. The van der Waals surface area contributed by atoms with E-state index < -0.39 is 29.4 Å². The topological polar surface area (TPSA) is 136 Å². The highest BCUT2D eigenvalue weighted by Gasteiger charge is 2.43. The first-order valence-corrected chi connectivity index (χ1v) is 6.36. The van der Waals surface area contributed by atoms with Gasteiger partial charge in [-0.2, -0.15) is 0 Å². The molecule has 19 heavy (non-hydrogen) atoms. The number of nitrogens with one attached hydrogen (secondary N) is 1. The quantitative estimate of drug-likeness (QED) is 0.526. The third-order valence-electron chi connectivity index (χ3n) is 3.53. The number of hydrogen-bond acceptors (Lipinski definition) is 4. The Morgan fingerprint density at radius 1 is 1.47 bits per heavy atom. The van der Waals surface area contributed by atoms with Crippen LogP contribution in [-0.4, -0.2) is 34.5 Å². The molecule has 0 aromatic rings. The third kappa shape index (κ3) is 3.92. The molecule has 0 aliphatic heterocycles. The molecule has 0 bridgehead atoms. The summed E-state index contributed by atoms with van der Waals surface area (Å²) in [6, 6.07) is -1.11. The highest BCUT2D eigenvalue weighted by molar-refractivity contribution is 5.92. The maximum atomic E-state index is 11.9. The first-order chi connectivity index (χ1) is 8.77. The van der Waals surface area contributed by atoms with Crippen LogP contribution in [0.15, 0.2) is 0 Å². The number of carbonyl (C=O) groups is 3. The monoisotopic (exact) mass is 271 g/mol. The van der Waals surface area contributed by atoms with Gasteiger partial charge in [0.25, 0.3) is 0 Å². The highest BCUT2D eigenvalue weighted by Crippen LogP contribution is 2.32. The molecule has 1 aliphatic rings. The van der Waals surface area contributed by atoms with E-state index in [1.165, 1.54) is 0 Å². The Morgan fingerprint density at radius 3 is 2.58 bits per heavy atom. The molecule has 0 radical (unpaired) electrons. The van der Waals surface area contributed by atoms with Crippen molar-refractivity contribution >= 4 is 17.8 Å². The highest BCUT2D eigenvalue weighted by atomic mass is 16.4. The molecule has 7 heteroatoms. The zero-order chi connectivity index (χ0) is 14.6. The fourth-order valence-electron chi connectivity index (χ4n) is 2.55. The zero-order valence-electron chi connectivity index (χ0n) is 11.0. The molecule has 0 spiro atoms. The summed E-state index contributed by atoms with van der Waals surface area (Å²) >= 11 is 0. The molecule has 1 saturated carbocycles. The van der Waals surface area contributed by atoms with Crippen LogP contribution < -0.4 is 16.8 Å². The lowest BCUT2D eigenvalue weighted by atomic mass is 9.76. The van der Waals surface area contributed by atoms with Crippen LogP contribution in [0, 0.1) is 5.92 Å². The Balaban J connectivity index is 2.76. The van der Waals surface area contributed by atoms with E-state index in [0.29, 0.717) is 12.8 Å². The average molecular weight is 271 g/mol. The maximum absolute atomic E-state index is 11.9. The van der Waals surface area contributed by atoms with Gasteiger partial charge in [-0.15, -0.1) is 0 Å². The maximum Gasteiger partial charge on any atom is 0.329 e. The van der Waals surface area contributed by atoms with Gasteiger partial charge in [-0.3, -0.25) is 9.59 Å². The van der Waals surface area contributed by atoms with Crippen molar-refractivity contribution in [3.8, 4) is 0 Å². The second-order valence-corrected chi connectivity index (χ2v) is 5.35. The van der Waals surface area contributed by atoms with Gasteiger partial charge >= 0.3 is 5.97 Å². The van der Waals surface area contributed by atoms with Crippen molar-refractivity contribution in [2.75, 3.05) is 0 Å². The lowest BCUT2D eigenvalue weighted by Gasteiger charge is -2.37. The van der Waals surface area contributed by atoms with Gasteiger partial charge in [0.15, 0.2) is 0 Å². The fourth-order valence-corrected chi connectivity index (χ4v) is 2.55. The predicted octanol–water partition coefficient (Wildman–Crippen LogP) is -0.661. The Hall–Kier alpha value is -1.63. The van der Waals surface area contributed by atoms with Crippen molar-refractivity contribution in [3.05, 3.63) is 0 Å². The van der Waals surface area contributed by atoms with Gasteiger partial charge in [-0.05, 0) is 18.8 Å². The number of carbonyl (C=O) groups excluding carboxylic acids is 2. The van der Waals surface area contributed by atoms with Crippen LogP contribution in [0.25, 0.3) is 0 Å².